The Morgan fingerprint density at radius 1 is 1.18 bits per heavy atom. The molecule has 3 amide bonds. The van der Waals surface area contributed by atoms with Gasteiger partial charge in [-0.1, -0.05) is 6.07 Å². The zero-order chi connectivity index (χ0) is 16.9. The van der Waals surface area contributed by atoms with E-state index in [4.69, 9.17) is 10.5 Å². The Morgan fingerprint density at radius 2 is 1.82 bits per heavy atom. The van der Waals surface area contributed by atoms with Crippen molar-refractivity contribution >= 4 is 23.6 Å². The molecule has 0 aliphatic heterocycles. The van der Waals surface area contributed by atoms with Crippen LogP contribution in [0, 0.1) is 6.92 Å². The Morgan fingerprint density at radius 3 is 2.36 bits per heavy atom. The van der Waals surface area contributed by atoms with Crippen molar-refractivity contribution in [3.8, 4) is 0 Å². The topological polar surface area (TPSA) is 111 Å². The van der Waals surface area contributed by atoms with E-state index in [0.29, 0.717) is 5.69 Å². The highest BCUT2D eigenvalue weighted by molar-refractivity contribution is 5.98. The summed E-state index contributed by atoms with van der Waals surface area (Å²) in [6.07, 6.45) is -1.10. The Hall–Kier alpha value is -2.57. The zero-order valence-electron chi connectivity index (χ0n) is 13.1. The van der Waals surface area contributed by atoms with Crippen molar-refractivity contribution < 1.29 is 19.1 Å². The Kier molecular flexibility index (Phi) is 5.91. The molecule has 0 aliphatic rings. The van der Waals surface area contributed by atoms with Gasteiger partial charge < -0.3 is 15.8 Å². The molecule has 0 bridgehead atoms. The van der Waals surface area contributed by atoms with Gasteiger partial charge in [0, 0.05) is 11.7 Å². The van der Waals surface area contributed by atoms with Crippen LogP contribution in [0.1, 0.15) is 36.7 Å². The first kappa shape index (κ1) is 17.5. The minimum absolute atomic E-state index is 0.110. The molecule has 0 aromatic heterocycles. The summed E-state index contributed by atoms with van der Waals surface area (Å²) in [5.74, 6) is -1.38. The molecule has 7 nitrogen and oxygen atoms in total. The molecule has 1 rings (SSSR count). The smallest absolute Gasteiger partial charge is 0.338 e. The van der Waals surface area contributed by atoms with Crippen LogP contribution < -0.4 is 16.4 Å². The molecule has 1 unspecified atom stereocenters. The number of hydrogen-bond acceptors (Lipinski definition) is 5. The van der Waals surface area contributed by atoms with Crippen LogP contribution in [0.2, 0.25) is 0 Å². The summed E-state index contributed by atoms with van der Waals surface area (Å²) in [6, 6.07) is 3.98. The minimum atomic E-state index is -1.10. The molecule has 7 heteroatoms. The van der Waals surface area contributed by atoms with Crippen LogP contribution in [0.4, 0.5) is 10.5 Å². The van der Waals surface area contributed by atoms with Crippen molar-refractivity contribution in [2.45, 2.75) is 39.8 Å². The van der Waals surface area contributed by atoms with E-state index in [1.54, 1.807) is 26.0 Å². The fourth-order valence-electron chi connectivity index (χ4n) is 1.56. The average Bonchev–Trinajstić information content (AvgIpc) is 2.40. The maximum absolute atomic E-state index is 11.9. The number of amides is 3. The summed E-state index contributed by atoms with van der Waals surface area (Å²) < 4.78 is 5.01. The van der Waals surface area contributed by atoms with Crippen LogP contribution in [0.25, 0.3) is 0 Å². The summed E-state index contributed by atoms with van der Waals surface area (Å²) in [6.45, 7) is 6.71. The molecule has 0 heterocycles. The quantitative estimate of drug-likeness (QED) is 0.574. The second kappa shape index (κ2) is 7.44. The third kappa shape index (κ3) is 5.08. The second-order valence-corrected chi connectivity index (χ2v) is 5.24. The van der Waals surface area contributed by atoms with Gasteiger partial charge in [0.1, 0.15) is 0 Å². The van der Waals surface area contributed by atoms with Crippen molar-refractivity contribution in [1.82, 2.24) is 10.6 Å². The number of carbonyl (C=O) groups is 3. The lowest BCUT2D eigenvalue weighted by molar-refractivity contribution is -0.127. The van der Waals surface area contributed by atoms with Gasteiger partial charge in [-0.3, -0.25) is 10.1 Å². The largest absolute Gasteiger partial charge is 0.449 e. The van der Waals surface area contributed by atoms with E-state index < -0.39 is 24.0 Å². The van der Waals surface area contributed by atoms with Gasteiger partial charge in [-0.15, -0.1) is 0 Å². The number of hydrogen-bond donors (Lipinski definition) is 3. The van der Waals surface area contributed by atoms with Gasteiger partial charge in [-0.05, 0) is 45.4 Å². The minimum Gasteiger partial charge on any atom is -0.449 e. The van der Waals surface area contributed by atoms with E-state index in [0.717, 1.165) is 5.56 Å². The summed E-state index contributed by atoms with van der Waals surface area (Å²) in [4.78, 5) is 35.1. The van der Waals surface area contributed by atoms with Gasteiger partial charge in [-0.2, -0.15) is 0 Å². The number of nitrogens with two attached hydrogens (primary N) is 1. The van der Waals surface area contributed by atoms with Crippen LogP contribution in [0.3, 0.4) is 0 Å². The molecular weight excluding hydrogens is 286 g/mol. The maximum atomic E-state index is 11.9. The second-order valence-electron chi connectivity index (χ2n) is 5.24. The molecule has 0 saturated carbocycles. The third-order valence-electron chi connectivity index (χ3n) is 2.82. The van der Waals surface area contributed by atoms with Crippen LogP contribution >= 0.6 is 0 Å². The number of imide groups is 1. The van der Waals surface area contributed by atoms with Crippen molar-refractivity contribution in [2.24, 2.45) is 0 Å². The Labute approximate surface area is 129 Å². The first-order chi connectivity index (χ1) is 10.2. The molecule has 1 aromatic carbocycles. The Balaban J connectivity index is 2.61. The van der Waals surface area contributed by atoms with E-state index in [-0.39, 0.29) is 11.6 Å². The fraction of sp³-hybridized carbons (Fsp3) is 0.400. The van der Waals surface area contributed by atoms with Crippen LogP contribution in [-0.2, 0) is 9.53 Å². The van der Waals surface area contributed by atoms with Crippen LogP contribution in [-0.4, -0.2) is 30.1 Å². The highest BCUT2D eigenvalue weighted by Gasteiger charge is 2.21. The monoisotopic (exact) mass is 307 g/mol. The molecule has 22 heavy (non-hydrogen) atoms. The van der Waals surface area contributed by atoms with Crippen LogP contribution in [0.5, 0.6) is 0 Å². The molecule has 0 saturated heterocycles. The third-order valence-corrected chi connectivity index (χ3v) is 2.82. The maximum Gasteiger partial charge on any atom is 0.338 e. The highest BCUT2D eigenvalue weighted by Crippen LogP contribution is 2.14. The number of anilines is 1. The van der Waals surface area contributed by atoms with Gasteiger partial charge in [0.2, 0.25) is 0 Å². The standard InChI is InChI=1S/C15H21N3O4/c1-8(2)17-15(21)18-13(19)10(4)22-14(20)11-6-5-9(3)12(16)7-11/h5-8,10H,16H2,1-4H3,(H2,17,18,19,21). The molecule has 0 radical (unpaired) electrons. The van der Waals surface area contributed by atoms with Gasteiger partial charge in [0.05, 0.1) is 5.56 Å². The lowest BCUT2D eigenvalue weighted by atomic mass is 10.1. The predicted octanol–water partition coefficient (Wildman–Crippen LogP) is 1.36. The zero-order valence-corrected chi connectivity index (χ0v) is 13.1. The molecule has 120 valence electrons. The van der Waals surface area contributed by atoms with Crippen molar-refractivity contribution in [3.63, 3.8) is 0 Å². The van der Waals surface area contributed by atoms with Crippen molar-refractivity contribution in [2.75, 3.05) is 5.73 Å². The van der Waals surface area contributed by atoms with E-state index >= 15 is 0 Å². The predicted molar refractivity (Wildman–Crippen MR) is 82.3 cm³/mol. The lowest BCUT2D eigenvalue weighted by Crippen LogP contribution is -2.46. The number of aryl methyl sites for hydroxylation is 1. The number of ether oxygens (including phenoxy) is 1. The summed E-state index contributed by atoms with van der Waals surface area (Å²) in [5.41, 5.74) is 7.27. The number of carbonyl (C=O) groups excluding carboxylic acids is 3. The normalized spacial score (nSPS) is 11.7. The number of urea groups is 1. The number of rotatable bonds is 4. The highest BCUT2D eigenvalue weighted by atomic mass is 16.5. The molecule has 0 aliphatic carbocycles. The lowest BCUT2D eigenvalue weighted by Gasteiger charge is -2.14. The molecular formula is C15H21N3O4. The number of nitrogens with one attached hydrogen (secondary N) is 2. The SMILES string of the molecule is Cc1ccc(C(=O)OC(C)C(=O)NC(=O)NC(C)C)cc1N. The molecule has 1 aromatic rings. The fourth-order valence-corrected chi connectivity index (χ4v) is 1.56. The molecule has 0 fully saturated rings. The van der Waals surface area contributed by atoms with Crippen molar-refractivity contribution in [1.29, 1.82) is 0 Å². The van der Waals surface area contributed by atoms with Crippen LogP contribution in [0.15, 0.2) is 18.2 Å². The van der Waals surface area contributed by atoms with Crippen molar-refractivity contribution in [3.05, 3.63) is 29.3 Å². The van der Waals surface area contributed by atoms with Gasteiger partial charge in [0.25, 0.3) is 5.91 Å². The molecule has 0 spiro atoms. The number of nitrogen functional groups attached to an aromatic ring is 1. The van der Waals surface area contributed by atoms with E-state index in [1.807, 2.05) is 6.92 Å². The average molecular weight is 307 g/mol. The first-order valence-corrected chi connectivity index (χ1v) is 6.89. The van der Waals surface area contributed by atoms with E-state index in [9.17, 15) is 14.4 Å². The summed E-state index contributed by atoms with van der Waals surface area (Å²) in [7, 11) is 0. The molecule has 4 N–H and O–H groups in total. The van der Waals surface area contributed by atoms with Gasteiger partial charge >= 0.3 is 12.0 Å². The number of benzene rings is 1. The van der Waals surface area contributed by atoms with E-state index in [2.05, 4.69) is 10.6 Å². The number of esters is 1. The summed E-state index contributed by atoms with van der Waals surface area (Å²) in [5, 5.41) is 4.60. The summed E-state index contributed by atoms with van der Waals surface area (Å²) >= 11 is 0. The first-order valence-electron chi connectivity index (χ1n) is 6.89. The van der Waals surface area contributed by atoms with Gasteiger partial charge in [-0.25, -0.2) is 9.59 Å². The Bertz CT molecular complexity index is 584. The van der Waals surface area contributed by atoms with E-state index in [1.165, 1.54) is 13.0 Å². The molecule has 1 atom stereocenters. The van der Waals surface area contributed by atoms with Gasteiger partial charge in [0.15, 0.2) is 6.10 Å².